The lowest BCUT2D eigenvalue weighted by molar-refractivity contribution is -0.161. The van der Waals surface area contributed by atoms with Gasteiger partial charge in [0, 0.05) is 12.8 Å². The molecule has 0 unspecified atom stereocenters. The fourth-order valence-electron chi connectivity index (χ4n) is 4.63. The zero-order valence-electron chi connectivity index (χ0n) is 31.6. The molecule has 0 radical (unpaired) electrons. The molecule has 5 nitrogen and oxygen atoms in total. The topological polar surface area (TPSA) is 72.8 Å². The first kappa shape index (κ1) is 46.6. The summed E-state index contributed by atoms with van der Waals surface area (Å²) in [6.07, 6.45) is 57.2. The van der Waals surface area contributed by atoms with Crippen LogP contribution in [0.5, 0.6) is 0 Å². The number of hydrogen-bond donors (Lipinski definition) is 1. The van der Waals surface area contributed by atoms with Crippen LogP contribution in [-0.4, -0.2) is 36.4 Å². The van der Waals surface area contributed by atoms with Crippen molar-refractivity contribution in [2.75, 3.05) is 13.2 Å². The van der Waals surface area contributed by atoms with Crippen LogP contribution in [0.3, 0.4) is 0 Å². The molecule has 0 heterocycles. The number of rotatable bonds is 33. The molecule has 50 heavy (non-hydrogen) atoms. The summed E-state index contributed by atoms with van der Waals surface area (Å²) in [7, 11) is 0. The van der Waals surface area contributed by atoms with Gasteiger partial charge in [-0.1, -0.05) is 142 Å². The molecule has 280 valence electrons. The molecule has 0 aromatic heterocycles. The Bertz CT molecular complexity index is 1050. The van der Waals surface area contributed by atoms with Gasteiger partial charge in [0.15, 0.2) is 6.10 Å². The van der Waals surface area contributed by atoms with Crippen LogP contribution in [-0.2, 0) is 19.1 Å². The molecule has 0 rings (SSSR count). The largest absolute Gasteiger partial charge is 0.462 e. The van der Waals surface area contributed by atoms with Crippen molar-refractivity contribution in [2.24, 2.45) is 0 Å². The first-order valence-electron chi connectivity index (χ1n) is 19.4. The molecule has 0 aliphatic rings. The van der Waals surface area contributed by atoms with Crippen molar-refractivity contribution in [1.82, 2.24) is 0 Å². The summed E-state index contributed by atoms with van der Waals surface area (Å²) in [4.78, 5) is 24.2. The Balaban J connectivity index is 3.78. The standard InChI is InChI=1S/C45H70O5/c1-3-5-7-9-11-13-15-17-19-21-22-24-26-28-30-32-34-36-38-40-45(48)50-43(41-46)42-49-44(47)39-37-35-33-31-29-27-25-23-20-18-16-14-12-10-8-6-4-2/h6,8,11-14,17-20,22,24-25,27-28,30-31,33,43,46H,3-5,7,9-10,15-16,21,23,26,29,32,34-42H2,1-2H3/t43-/m0/s1. The molecular formula is C45H70O5. The monoisotopic (exact) mass is 691 g/mol. The summed E-state index contributed by atoms with van der Waals surface area (Å²) >= 11 is 0. The maximum absolute atomic E-state index is 12.2. The number of carbonyl (C=O) groups excluding carboxylic acids is 2. The quantitative estimate of drug-likeness (QED) is 0.0421. The van der Waals surface area contributed by atoms with E-state index in [1.54, 1.807) is 0 Å². The maximum atomic E-state index is 12.2. The van der Waals surface area contributed by atoms with E-state index in [2.05, 4.69) is 123 Å². The Kier molecular flexibility index (Phi) is 37.2. The zero-order chi connectivity index (χ0) is 36.4. The number of aliphatic hydroxyl groups is 1. The normalized spacial score (nSPS) is 13.4. The van der Waals surface area contributed by atoms with E-state index < -0.39 is 6.10 Å². The lowest BCUT2D eigenvalue weighted by Gasteiger charge is -2.15. The van der Waals surface area contributed by atoms with Crippen LogP contribution in [0, 0.1) is 0 Å². The fraction of sp³-hybridized carbons (Fsp3) is 0.556. The second-order valence-corrected chi connectivity index (χ2v) is 12.3. The molecule has 1 atom stereocenters. The average molecular weight is 691 g/mol. The molecule has 0 fully saturated rings. The third-order valence-electron chi connectivity index (χ3n) is 7.55. The number of allylic oxidation sites excluding steroid dienone is 18. The highest BCUT2D eigenvalue weighted by Crippen LogP contribution is 2.08. The average Bonchev–Trinajstić information content (AvgIpc) is 3.12. The van der Waals surface area contributed by atoms with Crippen molar-refractivity contribution in [2.45, 2.75) is 148 Å². The van der Waals surface area contributed by atoms with Crippen molar-refractivity contribution in [3.05, 3.63) is 109 Å². The lowest BCUT2D eigenvalue weighted by atomic mass is 10.1. The molecule has 0 aromatic carbocycles. The van der Waals surface area contributed by atoms with Crippen LogP contribution in [0.15, 0.2) is 109 Å². The zero-order valence-corrected chi connectivity index (χ0v) is 31.6. The highest BCUT2D eigenvalue weighted by Gasteiger charge is 2.15. The molecule has 0 bridgehead atoms. The highest BCUT2D eigenvalue weighted by atomic mass is 16.6. The predicted molar refractivity (Wildman–Crippen MR) is 214 cm³/mol. The smallest absolute Gasteiger partial charge is 0.306 e. The van der Waals surface area contributed by atoms with E-state index >= 15 is 0 Å². The second kappa shape index (κ2) is 40.0. The third-order valence-corrected chi connectivity index (χ3v) is 7.55. The van der Waals surface area contributed by atoms with Gasteiger partial charge in [-0.2, -0.15) is 0 Å². The molecule has 0 aromatic rings. The summed E-state index contributed by atoms with van der Waals surface area (Å²) in [6, 6.07) is 0. The van der Waals surface area contributed by atoms with Crippen molar-refractivity contribution in [3.63, 3.8) is 0 Å². The minimum atomic E-state index is -0.818. The van der Waals surface area contributed by atoms with E-state index in [1.807, 2.05) is 0 Å². The third kappa shape index (κ3) is 37.4. The number of esters is 2. The Morgan fingerprint density at radius 1 is 0.480 bits per heavy atom. The molecule has 1 N–H and O–H groups in total. The predicted octanol–water partition coefficient (Wildman–Crippen LogP) is 12.3. The lowest BCUT2D eigenvalue weighted by Crippen LogP contribution is -2.28. The Morgan fingerprint density at radius 3 is 1.32 bits per heavy atom. The van der Waals surface area contributed by atoms with Crippen molar-refractivity contribution in [3.8, 4) is 0 Å². The molecule has 0 amide bonds. The van der Waals surface area contributed by atoms with Gasteiger partial charge in [0.05, 0.1) is 6.61 Å². The molecule has 0 saturated carbocycles. The molecule has 0 aliphatic heterocycles. The van der Waals surface area contributed by atoms with Crippen LogP contribution >= 0.6 is 0 Å². The molecule has 5 heteroatoms. The summed E-state index contributed by atoms with van der Waals surface area (Å²) < 4.78 is 10.5. The van der Waals surface area contributed by atoms with E-state index in [-0.39, 0.29) is 25.2 Å². The molecule has 0 spiro atoms. The van der Waals surface area contributed by atoms with E-state index in [1.165, 1.54) is 25.7 Å². The minimum Gasteiger partial charge on any atom is -0.462 e. The summed E-state index contributed by atoms with van der Waals surface area (Å²) in [5.74, 6) is -0.708. The van der Waals surface area contributed by atoms with Gasteiger partial charge in [0.2, 0.25) is 0 Å². The highest BCUT2D eigenvalue weighted by molar-refractivity contribution is 5.70. The van der Waals surface area contributed by atoms with Crippen LogP contribution < -0.4 is 0 Å². The Labute approximate surface area is 306 Å². The van der Waals surface area contributed by atoms with E-state index in [4.69, 9.17) is 9.47 Å². The van der Waals surface area contributed by atoms with Crippen LogP contribution in [0.25, 0.3) is 0 Å². The van der Waals surface area contributed by atoms with Gasteiger partial charge in [-0.25, -0.2) is 0 Å². The van der Waals surface area contributed by atoms with Gasteiger partial charge in [-0.15, -0.1) is 0 Å². The molecule has 0 saturated heterocycles. The van der Waals surface area contributed by atoms with Gasteiger partial charge in [0.1, 0.15) is 6.61 Å². The second-order valence-electron chi connectivity index (χ2n) is 12.3. The number of hydrogen-bond acceptors (Lipinski definition) is 5. The van der Waals surface area contributed by atoms with E-state index in [0.29, 0.717) is 19.3 Å². The Morgan fingerprint density at radius 2 is 0.880 bits per heavy atom. The SMILES string of the molecule is CCC=CCC=CCC=CCC=CCC=CCCCC(=O)OC[C@H](CO)OC(=O)CCCCCC=CCC=CCC=CCC=CCCCCC. The van der Waals surface area contributed by atoms with Crippen LogP contribution in [0.4, 0.5) is 0 Å². The van der Waals surface area contributed by atoms with Crippen molar-refractivity contribution in [1.29, 1.82) is 0 Å². The van der Waals surface area contributed by atoms with Crippen LogP contribution in [0.1, 0.15) is 142 Å². The van der Waals surface area contributed by atoms with Gasteiger partial charge in [-0.05, 0) is 96.3 Å². The summed E-state index contributed by atoms with van der Waals surface area (Å²) in [5, 5.41) is 9.54. The van der Waals surface area contributed by atoms with Gasteiger partial charge in [0.25, 0.3) is 0 Å². The maximum Gasteiger partial charge on any atom is 0.306 e. The molecular weight excluding hydrogens is 620 g/mol. The van der Waals surface area contributed by atoms with Gasteiger partial charge in [-0.3, -0.25) is 9.59 Å². The van der Waals surface area contributed by atoms with Crippen molar-refractivity contribution >= 4 is 11.9 Å². The number of aliphatic hydroxyl groups excluding tert-OH is 1. The van der Waals surface area contributed by atoms with Crippen LogP contribution in [0.2, 0.25) is 0 Å². The van der Waals surface area contributed by atoms with E-state index in [9.17, 15) is 14.7 Å². The van der Waals surface area contributed by atoms with Crippen molar-refractivity contribution < 1.29 is 24.2 Å². The number of ether oxygens (including phenoxy) is 2. The first-order valence-corrected chi connectivity index (χ1v) is 19.4. The van der Waals surface area contributed by atoms with Gasteiger partial charge >= 0.3 is 11.9 Å². The number of carbonyl (C=O) groups is 2. The van der Waals surface area contributed by atoms with E-state index in [0.717, 1.165) is 83.5 Å². The fourth-order valence-corrected chi connectivity index (χ4v) is 4.63. The molecule has 0 aliphatic carbocycles. The minimum absolute atomic E-state index is 0.116. The summed E-state index contributed by atoms with van der Waals surface area (Å²) in [6.45, 7) is 3.89. The summed E-state index contributed by atoms with van der Waals surface area (Å²) in [5.41, 5.74) is 0. The Hall–Kier alpha value is -3.44. The first-order chi connectivity index (χ1) is 24.6. The van der Waals surface area contributed by atoms with Gasteiger partial charge < -0.3 is 14.6 Å². The number of unbranched alkanes of at least 4 members (excludes halogenated alkanes) is 7.